The maximum atomic E-state index is 15.3. The summed E-state index contributed by atoms with van der Waals surface area (Å²) in [4.78, 5) is 55.8. The van der Waals surface area contributed by atoms with Crippen LogP contribution in [-0.2, 0) is 16.1 Å². The standard InChI is InChI=1S/C33H33FN4O6/c1-43-23-7-3-20(4-8-23)30(21-5-9-24(44-2)10-6-21)36-13-15-37(16-14-36)32(41)26-17-22-19-38(33(42)25(22)18-27(26)34)28-11-12-29(39)35-31(28)40/h3-10,17-18,28,30H,11-16,19H2,1-2H3,(H,35,39,40). The second kappa shape index (κ2) is 12.1. The first kappa shape index (κ1) is 29.3. The molecule has 3 heterocycles. The van der Waals surface area contributed by atoms with E-state index >= 15 is 4.39 Å². The number of amides is 4. The normalized spacial score (nSPS) is 18.8. The Morgan fingerprint density at radius 1 is 0.886 bits per heavy atom. The lowest BCUT2D eigenvalue weighted by Gasteiger charge is -2.40. The van der Waals surface area contributed by atoms with E-state index in [9.17, 15) is 19.2 Å². The summed E-state index contributed by atoms with van der Waals surface area (Å²) in [5, 5.41) is 2.26. The van der Waals surface area contributed by atoms with E-state index in [1.54, 1.807) is 19.1 Å². The van der Waals surface area contributed by atoms with Crippen LogP contribution in [0.25, 0.3) is 0 Å². The third kappa shape index (κ3) is 5.50. The Labute approximate surface area is 254 Å². The van der Waals surface area contributed by atoms with E-state index in [1.165, 1.54) is 11.0 Å². The van der Waals surface area contributed by atoms with Gasteiger partial charge in [0.05, 0.1) is 25.8 Å². The predicted molar refractivity (Wildman–Crippen MR) is 158 cm³/mol. The lowest BCUT2D eigenvalue weighted by atomic mass is 9.96. The van der Waals surface area contributed by atoms with Crippen molar-refractivity contribution in [2.45, 2.75) is 31.5 Å². The zero-order valence-corrected chi connectivity index (χ0v) is 24.5. The number of halogens is 1. The molecule has 4 amide bonds. The molecule has 10 nitrogen and oxygen atoms in total. The monoisotopic (exact) mass is 600 g/mol. The molecule has 6 rings (SSSR count). The number of piperidine rings is 1. The van der Waals surface area contributed by atoms with E-state index < -0.39 is 29.6 Å². The number of hydrogen-bond donors (Lipinski definition) is 1. The van der Waals surface area contributed by atoms with Gasteiger partial charge in [0.2, 0.25) is 11.8 Å². The molecule has 11 heteroatoms. The Morgan fingerprint density at radius 3 is 2.02 bits per heavy atom. The number of piperazine rings is 1. The fourth-order valence-electron chi connectivity index (χ4n) is 6.29. The molecule has 2 fully saturated rings. The molecule has 1 N–H and O–H groups in total. The average molecular weight is 601 g/mol. The first-order valence-electron chi connectivity index (χ1n) is 14.6. The fourth-order valence-corrected chi connectivity index (χ4v) is 6.29. The van der Waals surface area contributed by atoms with Gasteiger partial charge in [0, 0.05) is 44.7 Å². The first-order chi connectivity index (χ1) is 21.3. The molecule has 3 aromatic carbocycles. The molecule has 2 saturated heterocycles. The van der Waals surface area contributed by atoms with Gasteiger partial charge in [-0.05, 0) is 59.5 Å². The van der Waals surface area contributed by atoms with Crippen molar-refractivity contribution >= 4 is 23.6 Å². The summed E-state index contributed by atoms with van der Waals surface area (Å²) in [6.07, 6.45) is 0.329. The van der Waals surface area contributed by atoms with E-state index in [0.29, 0.717) is 31.7 Å². The number of methoxy groups -OCH3 is 2. The number of nitrogens with zero attached hydrogens (tertiary/aromatic N) is 3. The van der Waals surface area contributed by atoms with Gasteiger partial charge in [-0.25, -0.2) is 4.39 Å². The van der Waals surface area contributed by atoms with Crippen molar-refractivity contribution < 1.29 is 33.0 Å². The van der Waals surface area contributed by atoms with Crippen LogP contribution in [0, 0.1) is 5.82 Å². The summed E-state index contributed by atoms with van der Waals surface area (Å²) in [6.45, 7) is 1.96. The molecule has 44 heavy (non-hydrogen) atoms. The van der Waals surface area contributed by atoms with Crippen LogP contribution in [-0.4, -0.2) is 84.8 Å². The fraction of sp³-hybridized carbons (Fsp3) is 0.333. The summed E-state index contributed by atoms with van der Waals surface area (Å²) in [5.74, 6) is -1.10. The van der Waals surface area contributed by atoms with Gasteiger partial charge in [0.1, 0.15) is 23.4 Å². The number of carbonyl (C=O) groups excluding carboxylic acids is 4. The highest BCUT2D eigenvalue weighted by Gasteiger charge is 2.40. The molecule has 0 aromatic heterocycles. The first-order valence-corrected chi connectivity index (χ1v) is 14.6. The number of imide groups is 1. The molecule has 1 unspecified atom stereocenters. The van der Waals surface area contributed by atoms with Gasteiger partial charge in [-0.2, -0.15) is 0 Å². The van der Waals surface area contributed by atoms with Crippen molar-refractivity contribution in [3.05, 3.63) is 94.3 Å². The Morgan fingerprint density at radius 2 is 1.48 bits per heavy atom. The van der Waals surface area contributed by atoms with Gasteiger partial charge in [0.25, 0.3) is 11.8 Å². The van der Waals surface area contributed by atoms with Gasteiger partial charge >= 0.3 is 0 Å². The number of hydrogen-bond acceptors (Lipinski definition) is 7. The van der Waals surface area contributed by atoms with Crippen molar-refractivity contribution in [2.24, 2.45) is 0 Å². The zero-order chi connectivity index (χ0) is 31.0. The van der Waals surface area contributed by atoms with Crippen molar-refractivity contribution in [2.75, 3.05) is 40.4 Å². The summed E-state index contributed by atoms with van der Waals surface area (Å²) in [5.41, 5.74) is 2.67. The number of rotatable bonds is 7. The molecule has 0 aliphatic carbocycles. The van der Waals surface area contributed by atoms with Crippen molar-refractivity contribution in [3.63, 3.8) is 0 Å². The summed E-state index contributed by atoms with van der Waals surface area (Å²) >= 11 is 0. The molecule has 0 saturated carbocycles. The Bertz CT molecular complexity index is 1550. The second-order valence-corrected chi connectivity index (χ2v) is 11.2. The van der Waals surface area contributed by atoms with Gasteiger partial charge in [0.15, 0.2) is 0 Å². The van der Waals surface area contributed by atoms with Crippen LogP contribution in [0.15, 0.2) is 60.7 Å². The minimum atomic E-state index is -0.813. The van der Waals surface area contributed by atoms with Gasteiger partial charge in [-0.3, -0.25) is 29.4 Å². The van der Waals surface area contributed by atoms with Crippen LogP contribution in [0.1, 0.15) is 56.3 Å². The highest BCUT2D eigenvalue weighted by Crippen LogP contribution is 2.33. The van der Waals surface area contributed by atoms with E-state index in [-0.39, 0.29) is 42.5 Å². The number of ether oxygens (including phenoxy) is 2. The van der Waals surface area contributed by atoms with Crippen LogP contribution in [0.2, 0.25) is 0 Å². The van der Waals surface area contributed by atoms with Crippen LogP contribution in [0.5, 0.6) is 11.5 Å². The predicted octanol–water partition coefficient (Wildman–Crippen LogP) is 3.15. The van der Waals surface area contributed by atoms with Gasteiger partial charge < -0.3 is 19.3 Å². The number of carbonyl (C=O) groups is 4. The molecule has 228 valence electrons. The number of fused-ring (bicyclic) bond motifs is 1. The Hall–Kier alpha value is -4.77. The minimum Gasteiger partial charge on any atom is -0.497 e. The lowest BCUT2D eigenvalue weighted by Crippen LogP contribution is -2.52. The molecule has 0 bridgehead atoms. The molecule has 1 atom stereocenters. The highest BCUT2D eigenvalue weighted by molar-refractivity contribution is 6.06. The van der Waals surface area contributed by atoms with E-state index in [0.717, 1.165) is 28.7 Å². The summed E-state index contributed by atoms with van der Waals surface area (Å²) in [6, 6.07) is 17.5. The molecule has 3 aliphatic heterocycles. The lowest BCUT2D eigenvalue weighted by molar-refractivity contribution is -0.136. The van der Waals surface area contributed by atoms with Crippen LogP contribution in [0.4, 0.5) is 4.39 Å². The van der Waals surface area contributed by atoms with Gasteiger partial charge in [-0.1, -0.05) is 24.3 Å². The summed E-state index contributed by atoms with van der Waals surface area (Å²) in [7, 11) is 3.25. The zero-order valence-electron chi connectivity index (χ0n) is 24.5. The average Bonchev–Trinajstić information content (AvgIpc) is 3.36. The van der Waals surface area contributed by atoms with E-state index in [2.05, 4.69) is 10.2 Å². The molecule has 0 spiro atoms. The molecule has 3 aromatic rings. The minimum absolute atomic E-state index is 0.0696. The van der Waals surface area contributed by atoms with Crippen LogP contribution >= 0.6 is 0 Å². The number of nitrogens with one attached hydrogen (secondary N) is 1. The highest BCUT2D eigenvalue weighted by atomic mass is 19.1. The van der Waals surface area contributed by atoms with Crippen molar-refractivity contribution in [1.29, 1.82) is 0 Å². The Balaban J connectivity index is 1.18. The van der Waals surface area contributed by atoms with E-state index in [1.807, 2.05) is 48.5 Å². The maximum Gasteiger partial charge on any atom is 0.256 e. The van der Waals surface area contributed by atoms with Crippen LogP contribution in [0.3, 0.4) is 0 Å². The second-order valence-electron chi connectivity index (χ2n) is 11.2. The molecule has 0 radical (unpaired) electrons. The summed E-state index contributed by atoms with van der Waals surface area (Å²) < 4.78 is 26.0. The Kier molecular flexibility index (Phi) is 8.05. The van der Waals surface area contributed by atoms with Crippen molar-refractivity contribution in [3.8, 4) is 11.5 Å². The smallest absolute Gasteiger partial charge is 0.256 e. The molecular weight excluding hydrogens is 567 g/mol. The SMILES string of the molecule is COc1ccc(C(c2ccc(OC)cc2)N2CCN(C(=O)c3cc4c(cc3F)C(=O)N(C3CCC(=O)NC3=O)C4)CC2)cc1. The van der Waals surface area contributed by atoms with Gasteiger partial charge in [-0.15, -0.1) is 0 Å². The molecular formula is C33H33FN4O6. The topological polar surface area (TPSA) is 108 Å². The third-order valence-corrected chi connectivity index (χ3v) is 8.67. The maximum absolute atomic E-state index is 15.3. The van der Waals surface area contributed by atoms with Crippen molar-refractivity contribution in [1.82, 2.24) is 20.0 Å². The third-order valence-electron chi connectivity index (χ3n) is 8.67. The largest absolute Gasteiger partial charge is 0.497 e. The molecule has 3 aliphatic rings. The number of benzene rings is 3. The van der Waals surface area contributed by atoms with Crippen LogP contribution < -0.4 is 14.8 Å². The quantitative estimate of drug-likeness (QED) is 0.415. The van der Waals surface area contributed by atoms with E-state index in [4.69, 9.17) is 9.47 Å².